The van der Waals surface area contributed by atoms with Crippen molar-refractivity contribution in [3.63, 3.8) is 0 Å². The molecule has 0 fully saturated rings. The number of aliphatic hydroxyl groups is 1. The van der Waals surface area contributed by atoms with Gasteiger partial charge in [-0.3, -0.25) is 9.78 Å². The zero-order valence-corrected chi connectivity index (χ0v) is 22.9. The number of rotatable bonds is 9. The summed E-state index contributed by atoms with van der Waals surface area (Å²) in [6.07, 6.45) is 1.90. The number of methoxy groups -OCH3 is 1. The number of benzene rings is 2. The number of fused-ring (bicyclic) bond motifs is 1. The molecule has 0 amide bonds. The SMILES string of the molecule is CNC(C)(C)c1cc(-c2ccc(F)c(Cl)c2)nc(C(C)(O)CCC(=O)c2cc(OC)c3ncccc3c2)c1. The number of carbonyl (C=O) groups excluding carboxylic acids is 1. The Balaban J connectivity index is 1.67. The highest BCUT2D eigenvalue weighted by atomic mass is 35.5. The minimum atomic E-state index is -1.42. The molecule has 198 valence electrons. The molecule has 2 N–H and O–H groups in total. The van der Waals surface area contributed by atoms with Crippen LogP contribution in [-0.4, -0.2) is 35.0 Å². The molecule has 0 bridgehead atoms. The number of ketones is 1. The second-order valence-corrected chi connectivity index (χ2v) is 10.5. The maximum atomic E-state index is 13.8. The molecule has 0 aliphatic heterocycles. The molecule has 38 heavy (non-hydrogen) atoms. The third-order valence-corrected chi connectivity index (χ3v) is 7.28. The highest BCUT2D eigenvalue weighted by Crippen LogP contribution is 2.34. The highest BCUT2D eigenvalue weighted by molar-refractivity contribution is 6.31. The Morgan fingerprint density at radius 1 is 1.13 bits per heavy atom. The van der Waals surface area contributed by atoms with Gasteiger partial charge < -0.3 is 15.2 Å². The summed E-state index contributed by atoms with van der Waals surface area (Å²) in [6.45, 7) is 5.66. The van der Waals surface area contributed by atoms with Crippen molar-refractivity contribution in [1.82, 2.24) is 15.3 Å². The maximum absolute atomic E-state index is 13.8. The fourth-order valence-electron chi connectivity index (χ4n) is 4.22. The molecule has 2 aromatic heterocycles. The predicted molar refractivity (Wildman–Crippen MR) is 148 cm³/mol. The molecular weight excluding hydrogens is 505 g/mol. The Hall–Kier alpha value is -3.39. The number of nitrogens with zero attached hydrogens (tertiary/aromatic N) is 2. The third kappa shape index (κ3) is 5.70. The van der Waals surface area contributed by atoms with E-state index >= 15 is 0 Å². The van der Waals surface area contributed by atoms with Crippen molar-refractivity contribution in [3.05, 3.63) is 88.5 Å². The molecule has 2 heterocycles. The molecule has 1 atom stereocenters. The second-order valence-electron chi connectivity index (χ2n) is 10.1. The number of ether oxygens (including phenoxy) is 1. The van der Waals surface area contributed by atoms with Gasteiger partial charge in [-0.05, 0) is 88.3 Å². The van der Waals surface area contributed by atoms with Crippen molar-refractivity contribution < 1.29 is 19.0 Å². The standard InChI is InChI=1S/C30H31ClFN3O3/c1-29(2,33-4)21-16-24(18-8-9-23(32)22(31)14-18)35-27(17-21)30(3,37)11-10-25(36)20-13-19-7-6-12-34-28(19)26(15-20)38-5/h6-9,12-17,33,37H,10-11H2,1-5H3. The summed E-state index contributed by atoms with van der Waals surface area (Å²) in [5, 5.41) is 15.6. The minimum absolute atomic E-state index is 0.0116. The van der Waals surface area contributed by atoms with Crippen LogP contribution in [0.4, 0.5) is 4.39 Å². The summed E-state index contributed by atoms with van der Waals surface area (Å²) in [5.41, 5.74) is 1.74. The van der Waals surface area contributed by atoms with Crippen LogP contribution in [-0.2, 0) is 11.1 Å². The van der Waals surface area contributed by atoms with Crippen molar-refractivity contribution in [2.75, 3.05) is 14.2 Å². The van der Waals surface area contributed by atoms with Crippen LogP contribution >= 0.6 is 11.6 Å². The van der Waals surface area contributed by atoms with Crippen LogP contribution in [0.1, 0.15) is 55.2 Å². The van der Waals surface area contributed by atoms with Crippen LogP contribution in [0.25, 0.3) is 22.2 Å². The molecule has 4 aromatic rings. The molecule has 1 unspecified atom stereocenters. The zero-order valence-electron chi connectivity index (χ0n) is 22.1. The topological polar surface area (TPSA) is 84.3 Å². The lowest BCUT2D eigenvalue weighted by Crippen LogP contribution is -2.34. The van der Waals surface area contributed by atoms with Gasteiger partial charge in [0.1, 0.15) is 22.7 Å². The van der Waals surface area contributed by atoms with E-state index in [0.29, 0.717) is 33.8 Å². The molecule has 0 aliphatic rings. The van der Waals surface area contributed by atoms with Gasteiger partial charge in [0.05, 0.1) is 23.5 Å². The van der Waals surface area contributed by atoms with Crippen LogP contribution in [0, 0.1) is 5.82 Å². The van der Waals surface area contributed by atoms with Crippen LogP contribution in [0.15, 0.2) is 60.8 Å². The van der Waals surface area contributed by atoms with Gasteiger partial charge in [0.15, 0.2) is 5.78 Å². The van der Waals surface area contributed by atoms with Gasteiger partial charge in [0.25, 0.3) is 0 Å². The molecule has 4 rings (SSSR count). The minimum Gasteiger partial charge on any atom is -0.494 e. The molecule has 0 saturated carbocycles. The fourth-order valence-corrected chi connectivity index (χ4v) is 4.40. The molecule has 0 radical (unpaired) electrons. The Morgan fingerprint density at radius 3 is 2.58 bits per heavy atom. The van der Waals surface area contributed by atoms with E-state index in [-0.39, 0.29) is 23.6 Å². The van der Waals surface area contributed by atoms with Crippen molar-refractivity contribution >= 4 is 28.3 Å². The van der Waals surface area contributed by atoms with Crippen molar-refractivity contribution in [3.8, 4) is 17.0 Å². The number of hydrogen-bond donors (Lipinski definition) is 2. The number of hydrogen-bond acceptors (Lipinski definition) is 6. The number of Topliss-reactive ketones (excluding diaryl/α,β-unsaturated/α-hetero) is 1. The first-order chi connectivity index (χ1) is 17.9. The quantitative estimate of drug-likeness (QED) is 0.240. The van der Waals surface area contributed by atoms with Crippen LogP contribution in [0.5, 0.6) is 5.75 Å². The molecule has 0 saturated heterocycles. The first-order valence-corrected chi connectivity index (χ1v) is 12.7. The Bertz CT molecular complexity index is 1500. The van der Waals surface area contributed by atoms with E-state index < -0.39 is 17.0 Å². The predicted octanol–water partition coefficient (Wildman–Crippen LogP) is 6.42. The number of carbonyl (C=O) groups is 1. The van der Waals surface area contributed by atoms with Crippen molar-refractivity contribution in [2.24, 2.45) is 0 Å². The van der Waals surface area contributed by atoms with E-state index in [1.165, 1.54) is 12.1 Å². The lowest BCUT2D eigenvalue weighted by Gasteiger charge is -2.29. The smallest absolute Gasteiger partial charge is 0.163 e. The van der Waals surface area contributed by atoms with Gasteiger partial charge in [0, 0.05) is 34.7 Å². The summed E-state index contributed by atoms with van der Waals surface area (Å²) in [7, 11) is 3.39. The molecule has 0 spiro atoms. The van der Waals surface area contributed by atoms with Gasteiger partial charge in [-0.25, -0.2) is 9.37 Å². The van der Waals surface area contributed by atoms with Crippen LogP contribution < -0.4 is 10.1 Å². The number of nitrogens with one attached hydrogen (secondary N) is 1. The monoisotopic (exact) mass is 535 g/mol. The lowest BCUT2D eigenvalue weighted by atomic mass is 9.87. The van der Waals surface area contributed by atoms with Crippen LogP contribution in [0.2, 0.25) is 5.02 Å². The summed E-state index contributed by atoms with van der Waals surface area (Å²) in [6, 6.07) is 15.3. The van der Waals surface area contributed by atoms with Gasteiger partial charge in [-0.15, -0.1) is 0 Å². The van der Waals surface area contributed by atoms with Crippen molar-refractivity contribution in [2.45, 2.75) is 44.8 Å². The Labute approximate surface area is 226 Å². The van der Waals surface area contributed by atoms with Gasteiger partial charge >= 0.3 is 0 Å². The first-order valence-electron chi connectivity index (χ1n) is 12.3. The van der Waals surface area contributed by atoms with Crippen molar-refractivity contribution in [1.29, 1.82) is 0 Å². The summed E-state index contributed by atoms with van der Waals surface area (Å²) >= 11 is 6.04. The summed E-state index contributed by atoms with van der Waals surface area (Å²) in [4.78, 5) is 22.2. The normalized spacial score (nSPS) is 13.4. The molecule has 6 nitrogen and oxygen atoms in total. The Kier molecular flexibility index (Phi) is 7.83. The van der Waals surface area contributed by atoms with E-state index in [0.717, 1.165) is 10.9 Å². The van der Waals surface area contributed by atoms with Gasteiger partial charge in [-0.2, -0.15) is 0 Å². The first kappa shape index (κ1) is 27.6. The van der Waals surface area contributed by atoms with Crippen LogP contribution in [0.3, 0.4) is 0 Å². The Morgan fingerprint density at radius 2 is 1.89 bits per heavy atom. The average Bonchev–Trinajstić information content (AvgIpc) is 2.92. The highest BCUT2D eigenvalue weighted by Gasteiger charge is 2.30. The van der Waals surface area contributed by atoms with E-state index in [2.05, 4.69) is 10.3 Å². The van der Waals surface area contributed by atoms with Gasteiger partial charge in [0.2, 0.25) is 0 Å². The third-order valence-electron chi connectivity index (χ3n) is 6.99. The molecular formula is C30H31ClFN3O3. The average molecular weight is 536 g/mol. The van der Waals surface area contributed by atoms with E-state index in [4.69, 9.17) is 21.3 Å². The molecule has 2 aromatic carbocycles. The van der Waals surface area contributed by atoms with Gasteiger partial charge in [-0.1, -0.05) is 17.7 Å². The summed E-state index contributed by atoms with van der Waals surface area (Å²) in [5.74, 6) is -0.134. The van der Waals surface area contributed by atoms with E-state index in [1.807, 2.05) is 39.1 Å². The lowest BCUT2D eigenvalue weighted by molar-refractivity contribution is 0.0396. The largest absolute Gasteiger partial charge is 0.494 e. The summed E-state index contributed by atoms with van der Waals surface area (Å²) < 4.78 is 19.3. The zero-order chi connectivity index (χ0) is 27.7. The maximum Gasteiger partial charge on any atom is 0.163 e. The fraction of sp³-hybridized carbons (Fsp3) is 0.300. The van der Waals surface area contributed by atoms with E-state index in [9.17, 15) is 14.3 Å². The number of aromatic nitrogens is 2. The molecule has 0 aliphatic carbocycles. The molecule has 8 heteroatoms. The number of halogens is 2. The second kappa shape index (κ2) is 10.8. The van der Waals surface area contributed by atoms with E-state index in [1.54, 1.807) is 44.5 Å². The number of pyridine rings is 2.